The molecule has 0 rings (SSSR count). The number of carbonyl (C=O) groups excluding carboxylic acids is 2. The summed E-state index contributed by atoms with van der Waals surface area (Å²) in [5, 5.41) is 0. The van der Waals surface area contributed by atoms with Crippen LogP contribution in [0.25, 0.3) is 0 Å². The summed E-state index contributed by atoms with van der Waals surface area (Å²) in [7, 11) is 1.57. The summed E-state index contributed by atoms with van der Waals surface area (Å²) in [6.45, 7) is 5.38. The zero-order valence-electron chi connectivity index (χ0n) is 8.05. The van der Waals surface area contributed by atoms with Gasteiger partial charge in [-0.15, -0.1) is 0 Å². The van der Waals surface area contributed by atoms with E-state index in [1.807, 2.05) is 0 Å². The lowest BCUT2D eigenvalue weighted by Gasteiger charge is -2.24. The Balaban J connectivity index is 4.21. The molecule has 0 saturated heterocycles. The first-order chi connectivity index (χ1) is 5.25. The first kappa shape index (κ1) is 10.9. The Labute approximate surface area is 72.7 Å². The fourth-order valence-corrected chi connectivity index (χ4v) is 0.878. The summed E-state index contributed by atoms with van der Waals surface area (Å²) in [6, 6.07) is 0. The molecule has 2 amide bonds. The van der Waals surface area contributed by atoms with Gasteiger partial charge >= 0.3 is 0 Å². The van der Waals surface area contributed by atoms with Crippen LogP contribution in [-0.2, 0) is 9.59 Å². The SMILES string of the molecule is CN(CC(N)=O)C(=O)C(C)(C)C. The highest BCUT2D eigenvalue weighted by atomic mass is 16.2. The number of amides is 2. The zero-order valence-corrected chi connectivity index (χ0v) is 8.05. The minimum atomic E-state index is -0.491. The second-order valence-electron chi connectivity index (χ2n) is 3.88. The van der Waals surface area contributed by atoms with Crippen LogP contribution in [0.3, 0.4) is 0 Å². The van der Waals surface area contributed by atoms with Crippen molar-refractivity contribution >= 4 is 11.8 Å². The standard InChI is InChI=1S/C8H16N2O2/c1-8(2,3)7(12)10(4)5-6(9)11/h5H2,1-4H3,(H2,9,11). The van der Waals surface area contributed by atoms with E-state index in [0.717, 1.165) is 0 Å². The van der Waals surface area contributed by atoms with Crippen LogP contribution in [0, 0.1) is 5.41 Å². The van der Waals surface area contributed by atoms with Crippen LogP contribution in [0.1, 0.15) is 20.8 Å². The molecule has 0 fully saturated rings. The maximum absolute atomic E-state index is 11.4. The minimum absolute atomic E-state index is 0.0178. The van der Waals surface area contributed by atoms with Crippen molar-refractivity contribution in [1.82, 2.24) is 4.90 Å². The van der Waals surface area contributed by atoms with Gasteiger partial charge in [-0.2, -0.15) is 0 Å². The number of primary amides is 1. The summed E-state index contributed by atoms with van der Waals surface area (Å²) in [4.78, 5) is 23.2. The molecule has 12 heavy (non-hydrogen) atoms. The van der Waals surface area contributed by atoms with E-state index in [1.165, 1.54) is 4.90 Å². The van der Waals surface area contributed by atoms with Gasteiger partial charge in [0, 0.05) is 12.5 Å². The number of hydrogen-bond donors (Lipinski definition) is 1. The first-order valence-electron chi connectivity index (χ1n) is 3.79. The molecule has 0 aliphatic carbocycles. The summed E-state index contributed by atoms with van der Waals surface area (Å²) in [6.07, 6.45) is 0. The van der Waals surface area contributed by atoms with Crippen molar-refractivity contribution < 1.29 is 9.59 Å². The second-order valence-corrected chi connectivity index (χ2v) is 3.88. The van der Waals surface area contributed by atoms with Crippen molar-refractivity contribution in [2.75, 3.05) is 13.6 Å². The van der Waals surface area contributed by atoms with Crippen molar-refractivity contribution in [1.29, 1.82) is 0 Å². The monoisotopic (exact) mass is 172 g/mol. The lowest BCUT2D eigenvalue weighted by atomic mass is 9.95. The summed E-state index contributed by atoms with van der Waals surface area (Å²) < 4.78 is 0. The Morgan fingerprint density at radius 3 is 2.00 bits per heavy atom. The van der Waals surface area contributed by atoms with Crippen LogP contribution in [-0.4, -0.2) is 30.3 Å². The van der Waals surface area contributed by atoms with Crippen molar-refractivity contribution in [3.8, 4) is 0 Å². The molecule has 0 aliphatic rings. The molecule has 0 saturated carbocycles. The predicted molar refractivity (Wildman–Crippen MR) is 46.3 cm³/mol. The topological polar surface area (TPSA) is 63.4 Å². The van der Waals surface area contributed by atoms with Crippen LogP contribution in [0.2, 0.25) is 0 Å². The quantitative estimate of drug-likeness (QED) is 0.636. The molecule has 0 aliphatic heterocycles. The van der Waals surface area contributed by atoms with E-state index in [1.54, 1.807) is 27.8 Å². The average molecular weight is 172 g/mol. The molecule has 4 heteroatoms. The molecular formula is C8H16N2O2. The third-order valence-corrected chi connectivity index (χ3v) is 1.38. The van der Waals surface area contributed by atoms with Gasteiger partial charge in [0.2, 0.25) is 11.8 Å². The molecule has 0 bridgehead atoms. The van der Waals surface area contributed by atoms with Crippen LogP contribution >= 0.6 is 0 Å². The maximum Gasteiger partial charge on any atom is 0.237 e. The smallest absolute Gasteiger partial charge is 0.237 e. The molecule has 70 valence electrons. The molecule has 0 aromatic carbocycles. The van der Waals surface area contributed by atoms with Gasteiger partial charge < -0.3 is 10.6 Å². The van der Waals surface area contributed by atoms with Crippen LogP contribution < -0.4 is 5.73 Å². The van der Waals surface area contributed by atoms with Crippen molar-refractivity contribution in [2.45, 2.75) is 20.8 Å². The lowest BCUT2D eigenvalue weighted by molar-refractivity contribution is -0.140. The molecule has 0 aromatic heterocycles. The lowest BCUT2D eigenvalue weighted by Crippen LogP contribution is -2.41. The van der Waals surface area contributed by atoms with E-state index in [0.29, 0.717) is 0 Å². The van der Waals surface area contributed by atoms with E-state index >= 15 is 0 Å². The molecular weight excluding hydrogens is 156 g/mol. The van der Waals surface area contributed by atoms with E-state index in [-0.39, 0.29) is 12.5 Å². The van der Waals surface area contributed by atoms with Crippen molar-refractivity contribution in [3.63, 3.8) is 0 Å². The van der Waals surface area contributed by atoms with Crippen molar-refractivity contribution in [2.24, 2.45) is 11.1 Å². The van der Waals surface area contributed by atoms with Gasteiger partial charge in [0.25, 0.3) is 0 Å². The van der Waals surface area contributed by atoms with Gasteiger partial charge in [0.1, 0.15) is 0 Å². The normalized spacial score (nSPS) is 11.0. The Morgan fingerprint density at radius 2 is 1.75 bits per heavy atom. The van der Waals surface area contributed by atoms with Crippen molar-refractivity contribution in [3.05, 3.63) is 0 Å². The molecule has 0 radical (unpaired) electrons. The fourth-order valence-electron chi connectivity index (χ4n) is 0.878. The zero-order chi connectivity index (χ0) is 9.94. The Kier molecular flexibility index (Phi) is 3.24. The number of nitrogens with two attached hydrogens (primary N) is 1. The number of nitrogens with zero attached hydrogens (tertiary/aromatic N) is 1. The molecule has 4 nitrogen and oxygen atoms in total. The third-order valence-electron chi connectivity index (χ3n) is 1.38. The third kappa shape index (κ3) is 3.37. The Bertz CT molecular complexity index is 194. The van der Waals surface area contributed by atoms with E-state index in [2.05, 4.69) is 0 Å². The van der Waals surface area contributed by atoms with Gasteiger partial charge in [0.05, 0.1) is 6.54 Å². The highest BCUT2D eigenvalue weighted by molar-refractivity contribution is 5.86. The summed E-state index contributed by atoms with van der Waals surface area (Å²) in [5.74, 6) is -0.573. The molecule has 0 atom stereocenters. The van der Waals surface area contributed by atoms with E-state index in [4.69, 9.17) is 5.73 Å². The maximum atomic E-state index is 11.4. The summed E-state index contributed by atoms with van der Waals surface area (Å²) >= 11 is 0. The molecule has 0 spiro atoms. The summed E-state index contributed by atoms with van der Waals surface area (Å²) in [5.41, 5.74) is 4.49. The van der Waals surface area contributed by atoms with Gasteiger partial charge in [-0.05, 0) is 0 Å². The number of carbonyl (C=O) groups is 2. The number of rotatable bonds is 2. The fraction of sp³-hybridized carbons (Fsp3) is 0.750. The molecule has 0 unspecified atom stereocenters. The van der Waals surface area contributed by atoms with Gasteiger partial charge in [0.15, 0.2) is 0 Å². The first-order valence-corrected chi connectivity index (χ1v) is 3.79. The molecule has 2 N–H and O–H groups in total. The highest BCUT2D eigenvalue weighted by Crippen LogP contribution is 2.15. The minimum Gasteiger partial charge on any atom is -0.368 e. The van der Waals surface area contributed by atoms with Gasteiger partial charge in [-0.25, -0.2) is 0 Å². The highest BCUT2D eigenvalue weighted by Gasteiger charge is 2.25. The molecule has 0 heterocycles. The largest absolute Gasteiger partial charge is 0.368 e. The van der Waals surface area contributed by atoms with Crippen LogP contribution in [0.5, 0.6) is 0 Å². The number of hydrogen-bond acceptors (Lipinski definition) is 2. The van der Waals surface area contributed by atoms with Gasteiger partial charge in [-0.3, -0.25) is 9.59 Å². The number of likely N-dealkylation sites (N-methyl/N-ethyl adjacent to an activating group) is 1. The Morgan fingerprint density at radius 1 is 1.33 bits per heavy atom. The van der Waals surface area contributed by atoms with Crippen LogP contribution in [0.15, 0.2) is 0 Å². The second kappa shape index (κ2) is 3.56. The van der Waals surface area contributed by atoms with Gasteiger partial charge in [-0.1, -0.05) is 20.8 Å². The van der Waals surface area contributed by atoms with E-state index < -0.39 is 11.3 Å². The Hall–Kier alpha value is -1.06. The average Bonchev–Trinajstić information content (AvgIpc) is 1.82. The van der Waals surface area contributed by atoms with Crippen LogP contribution in [0.4, 0.5) is 0 Å². The predicted octanol–water partition coefficient (Wildman–Crippen LogP) is -0.0238. The molecule has 0 aromatic rings. The van der Waals surface area contributed by atoms with E-state index in [9.17, 15) is 9.59 Å².